The van der Waals surface area contributed by atoms with Gasteiger partial charge in [0.1, 0.15) is 13.7 Å². The number of hydrogen-bond donors (Lipinski definition) is 0. The highest BCUT2D eigenvalue weighted by molar-refractivity contribution is 6.19. The van der Waals surface area contributed by atoms with Crippen LogP contribution in [0.25, 0.3) is 6.08 Å². The van der Waals surface area contributed by atoms with Crippen LogP contribution in [0.5, 0.6) is 0 Å². The van der Waals surface area contributed by atoms with Gasteiger partial charge in [0.25, 0.3) is 0 Å². The van der Waals surface area contributed by atoms with Crippen molar-refractivity contribution in [3.8, 4) is 0 Å². The molecule has 2 radical (unpaired) electrons. The lowest BCUT2D eigenvalue weighted by atomic mass is 10.1. The topological polar surface area (TPSA) is 0 Å². The van der Waals surface area contributed by atoms with Crippen LogP contribution in [0.1, 0.15) is 5.56 Å². The average Bonchev–Trinajstić information content (AvgIpc) is 1.95. The molecule has 0 aliphatic rings. The van der Waals surface area contributed by atoms with E-state index in [2.05, 4.69) is 0 Å². The molecule has 0 spiro atoms. The monoisotopic (exact) mass is 132 g/mol. The first-order chi connectivity index (χ1) is 4.83. The summed E-state index contributed by atoms with van der Waals surface area (Å²) in [4.78, 5) is 0. The molecule has 10 heavy (non-hydrogen) atoms. The standard InChI is InChI=1S/C8H6BF/c9-6-5-7-1-3-8(10)4-2-7/h1-6H/b6-5+. The van der Waals surface area contributed by atoms with Gasteiger partial charge in [0.15, 0.2) is 0 Å². The SMILES string of the molecule is [B]/C=C/c1ccc(F)cc1. The molecule has 0 saturated heterocycles. The molecule has 1 aromatic rings. The van der Waals surface area contributed by atoms with E-state index < -0.39 is 0 Å². The lowest BCUT2D eigenvalue weighted by Gasteiger charge is -1.90. The number of hydrogen-bond acceptors (Lipinski definition) is 0. The summed E-state index contributed by atoms with van der Waals surface area (Å²) >= 11 is 0. The molecule has 2 heteroatoms. The van der Waals surface area contributed by atoms with Crippen LogP contribution in [-0.2, 0) is 0 Å². The Balaban J connectivity index is 2.89. The molecule has 1 rings (SSSR count). The minimum absolute atomic E-state index is 0.228. The summed E-state index contributed by atoms with van der Waals surface area (Å²) in [6, 6.07) is 6.13. The predicted octanol–water partition coefficient (Wildman–Crippen LogP) is 1.96. The zero-order chi connectivity index (χ0) is 7.40. The molecule has 0 aliphatic carbocycles. The van der Waals surface area contributed by atoms with Gasteiger partial charge >= 0.3 is 0 Å². The van der Waals surface area contributed by atoms with Crippen molar-refractivity contribution in [2.45, 2.75) is 0 Å². The third-order valence-corrected chi connectivity index (χ3v) is 1.16. The second-order valence-electron chi connectivity index (χ2n) is 1.91. The Hall–Kier alpha value is -1.05. The van der Waals surface area contributed by atoms with Crippen molar-refractivity contribution in [2.75, 3.05) is 0 Å². The van der Waals surface area contributed by atoms with Gasteiger partial charge < -0.3 is 0 Å². The van der Waals surface area contributed by atoms with Crippen LogP contribution in [0, 0.1) is 5.82 Å². The Bertz CT molecular complexity index is 226. The zero-order valence-electron chi connectivity index (χ0n) is 5.42. The molecule has 0 aliphatic heterocycles. The molecule has 1 aromatic carbocycles. The smallest absolute Gasteiger partial charge is 0.123 e. The first-order valence-electron chi connectivity index (χ1n) is 2.97. The van der Waals surface area contributed by atoms with Crippen molar-refractivity contribution in [3.63, 3.8) is 0 Å². The fourth-order valence-electron chi connectivity index (χ4n) is 0.685. The van der Waals surface area contributed by atoms with E-state index in [0.717, 1.165) is 5.56 Å². The van der Waals surface area contributed by atoms with Crippen molar-refractivity contribution in [3.05, 3.63) is 41.6 Å². The minimum atomic E-state index is -0.228. The van der Waals surface area contributed by atoms with Crippen LogP contribution in [0.4, 0.5) is 4.39 Å². The van der Waals surface area contributed by atoms with Gasteiger partial charge in [0.05, 0.1) is 0 Å². The molecule has 0 amide bonds. The molecule has 0 heterocycles. The Morgan fingerprint density at radius 1 is 1.20 bits per heavy atom. The molecule has 0 nitrogen and oxygen atoms in total. The molecular formula is C8H6BF. The van der Waals surface area contributed by atoms with Crippen LogP contribution >= 0.6 is 0 Å². The van der Waals surface area contributed by atoms with Gasteiger partial charge in [-0.15, -0.1) is 5.98 Å². The Labute approximate surface area is 60.8 Å². The third kappa shape index (κ3) is 1.73. The summed E-state index contributed by atoms with van der Waals surface area (Å²) in [6.07, 6.45) is 1.71. The van der Waals surface area contributed by atoms with E-state index in [4.69, 9.17) is 7.85 Å². The maximum atomic E-state index is 12.3. The maximum Gasteiger partial charge on any atom is 0.123 e. The summed E-state index contributed by atoms with van der Waals surface area (Å²) in [5, 5.41) is 0. The van der Waals surface area contributed by atoms with E-state index in [1.165, 1.54) is 18.1 Å². The van der Waals surface area contributed by atoms with Crippen molar-refractivity contribution in [2.24, 2.45) is 0 Å². The summed E-state index contributed by atoms with van der Waals surface area (Å²) < 4.78 is 12.3. The zero-order valence-corrected chi connectivity index (χ0v) is 5.42. The van der Waals surface area contributed by atoms with E-state index in [0.29, 0.717) is 0 Å². The summed E-state index contributed by atoms with van der Waals surface area (Å²) in [5.41, 5.74) is 0.906. The molecule has 0 saturated carbocycles. The quantitative estimate of drug-likeness (QED) is 0.512. The normalized spacial score (nSPS) is 10.5. The lowest BCUT2D eigenvalue weighted by molar-refractivity contribution is 0.628. The Morgan fingerprint density at radius 2 is 1.80 bits per heavy atom. The average molecular weight is 132 g/mol. The van der Waals surface area contributed by atoms with Crippen molar-refractivity contribution in [1.29, 1.82) is 0 Å². The molecule has 0 bridgehead atoms. The number of benzene rings is 1. The van der Waals surface area contributed by atoms with Gasteiger partial charge in [-0.1, -0.05) is 18.2 Å². The molecule has 0 fully saturated rings. The maximum absolute atomic E-state index is 12.3. The third-order valence-electron chi connectivity index (χ3n) is 1.16. The highest BCUT2D eigenvalue weighted by Crippen LogP contribution is 2.03. The van der Waals surface area contributed by atoms with Crippen LogP contribution in [0.2, 0.25) is 0 Å². The summed E-state index contributed by atoms with van der Waals surface area (Å²) in [6.45, 7) is 0. The van der Waals surface area contributed by atoms with Gasteiger partial charge in [-0.2, -0.15) is 0 Å². The fraction of sp³-hybridized carbons (Fsp3) is 0. The van der Waals surface area contributed by atoms with E-state index in [-0.39, 0.29) is 5.82 Å². The van der Waals surface area contributed by atoms with Crippen LogP contribution in [-0.4, -0.2) is 7.85 Å². The molecule has 0 unspecified atom stereocenters. The largest absolute Gasteiger partial charge is 0.207 e. The van der Waals surface area contributed by atoms with E-state index in [1.54, 1.807) is 18.2 Å². The second-order valence-corrected chi connectivity index (χ2v) is 1.91. The van der Waals surface area contributed by atoms with Crippen molar-refractivity contribution >= 4 is 13.9 Å². The molecule has 0 atom stereocenters. The summed E-state index contributed by atoms with van der Waals surface area (Å²) in [7, 11) is 5.12. The van der Waals surface area contributed by atoms with Gasteiger partial charge in [0, 0.05) is 0 Å². The number of rotatable bonds is 1. The molecule has 0 N–H and O–H groups in total. The first-order valence-corrected chi connectivity index (χ1v) is 2.97. The van der Waals surface area contributed by atoms with Gasteiger partial charge in [-0.25, -0.2) is 4.39 Å². The number of halogens is 1. The first kappa shape index (κ1) is 7.07. The van der Waals surface area contributed by atoms with Crippen LogP contribution in [0.15, 0.2) is 30.2 Å². The van der Waals surface area contributed by atoms with E-state index in [1.807, 2.05) is 0 Å². The Morgan fingerprint density at radius 3 is 2.30 bits per heavy atom. The van der Waals surface area contributed by atoms with Gasteiger partial charge in [-0.3, -0.25) is 0 Å². The summed E-state index contributed by atoms with van der Waals surface area (Å²) in [5.74, 6) is 1.20. The molecular weight excluding hydrogens is 126 g/mol. The molecule has 48 valence electrons. The van der Waals surface area contributed by atoms with Crippen LogP contribution < -0.4 is 0 Å². The minimum Gasteiger partial charge on any atom is -0.207 e. The fourth-order valence-corrected chi connectivity index (χ4v) is 0.685. The second kappa shape index (κ2) is 3.21. The predicted molar refractivity (Wildman–Crippen MR) is 41.2 cm³/mol. The lowest BCUT2D eigenvalue weighted by Crippen LogP contribution is -1.73. The van der Waals surface area contributed by atoms with Gasteiger partial charge in [-0.05, 0) is 17.7 Å². The van der Waals surface area contributed by atoms with Crippen molar-refractivity contribution < 1.29 is 4.39 Å². The van der Waals surface area contributed by atoms with Crippen molar-refractivity contribution in [1.82, 2.24) is 0 Å². The highest BCUT2D eigenvalue weighted by atomic mass is 19.1. The van der Waals surface area contributed by atoms with E-state index in [9.17, 15) is 4.39 Å². The molecule has 0 aromatic heterocycles. The van der Waals surface area contributed by atoms with Gasteiger partial charge in [0.2, 0.25) is 0 Å². The Kier molecular flexibility index (Phi) is 2.27. The van der Waals surface area contributed by atoms with Crippen LogP contribution in [0.3, 0.4) is 0 Å². The highest BCUT2D eigenvalue weighted by Gasteiger charge is 1.86. The van der Waals surface area contributed by atoms with E-state index >= 15 is 0 Å².